The Morgan fingerprint density at radius 2 is 1.56 bits per heavy atom. The van der Waals surface area contributed by atoms with Crippen LogP contribution < -0.4 is 10.1 Å². The molecule has 0 spiro atoms. The van der Waals surface area contributed by atoms with E-state index < -0.39 is 0 Å². The Morgan fingerprint density at radius 1 is 0.889 bits per heavy atom. The number of hydrogen-bond donors (Lipinski definition) is 1. The highest BCUT2D eigenvalue weighted by molar-refractivity contribution is 5.91. The zero-order valence-electron chi connectivity index (χ0n) is 14.7. The summed E-state index contributed by atoms with van der Waals surface area (Å²) in [6.45, 7) is 0.343. The van der Waals surface area contributed by atoms with Crippen molar-refractivity contribution >= 4 is 17.8 Å². The van der Waals surface area contributed by atoms with Crippen molar-refractivity contribution in [1.29, 1.82) is 0 Å². The quantitative estimate of drug-likeness (QED) is 0.482. The molecule has 0 saturated carbocycles. The van der Waals surface area contributed by atoms with E-state index in [2.05, 4.69) is 10.5 Å². The van der Waals surface area contributed by atoms with E-state index in [0.717, 1.165) is 16.9 Å². The van der Waals surface area contributed by atoms with E-state index in [-0.39, 0.29) is 12.5 Å². The van der Waals surface area contributed by atoms with Gasteiger partial charge in [-0.1, -0.05) is 65.8 Å². The predicted molar refractivity (Wildman–Crippen MR) is 106 cm³/mol. The second-order valence-corrected chi connectivity index (χ2v) is 5.77. The Bertz CT molecular complexity index is 863. The fourth-order valence-corrected chi connectivity index (χ4v) is 2.31. The first-order chi connectivity index (χ1) is 13.3. The van der Waals surface area contributed by atoms with Gasteiger partial charge in [-0.05, 0) is 35.4 Å². The molecule has 1 amide bonds. The standard InChI is InChI=1S/C22H20N2O3/c25-22(17-27-23-15-18-7-3-1-4-8-18)24-20-11-13-21(14-12-20)26-16-19-9-5-2-6-10-19/h1-15H,16-17H2,(H,24,25)/b23-15+. The van der Waals surface area contributed by atoms with Gasteiger partial charge in [0, 0.05) is 5.69 Å². The predicted octanol–water partition coefficient (Wildman–Crippen LogP) is 4.25. The molecular formula is C22H20N2O3. The van der Waals surface area contributed by atoms with Crippen molar-refractivity contribution in [1.82, 2.24) is 0 Å². The summed E-state index contributed by atoms with van der Waals surface area (Å²) in [6, 6.07) is 26.7. The van der Waals surface area contributed by atoms with E-state index in [1.807, 2.05) is 72.8 Å². The van der Waals surface area contributed by atoms with E-state index in [0.29, 0.717) is 12.3 Å². The fourth-order valence-electron chi connectivity index (χ4n) is 2.31. The van der Waals surface area contributed by atoms with Crippen LogP contribution in [0.25, 0.3) is 0 Å². The first-order valence-corrected chi connectivity index (χ1v) is 8.56. The number of carbonyl (C=O) groups excluding carboxylic acids is 1. The Labute approximate surface area is 158 Å². The highest BCUT2D eigenvalue weighted by Gasteiger charge is 2.03. The number of amides is 1. The SMILES string of the molecule is O=C(CO/N=C/c1ccccc1)Nc1ccc(OCc2ccccc2)cc1. The van der Waals surface area contributed by atoms with Crippen LogP contribution in [-0.4, -0.2) is 18.7 Å². The molecule has 0 aliphatic heterocycles. The molecule has 5 heteroatoms. The smallest absolute Gasteiger partial charge is 0.265 e. The van der Waals surface area contributed by atoms with Crippen LogP contribution >= 0.6 is 0 Å². The van der Waals surface area contributed by atoms with Gasteiger partial charge in [-0.25, -0.2) is 0 Å². The van der Waals surface area contributed by atoms with E-state index in [9.17, 15) is 4.79 Å². The molecule has 0 radical (unpaired) electrons. The molecule has 0 aliphatic carbocycles. The van der Waals surface area contributed by atoms with Crippen LogP contribution in [0.3, 0.4) is 0 Å². The molecule has 0 atom stereocenters. The maximum absolute atomic E-state index is 11.9. The van der Waals surface area contributed by atoms with Crippen molar-refractivity contribution in [2.45, 2.75) is 6.61 Å². The summed E-state index contributed by atoms with van der Waals surface area (Å²) in [5.41, 5.74) is 2.68. The second kappa shape index (κ2) is 9.77. The van der Waals surface area contributed by atoms with Crippen molar-refractivity contribution in [2.24, 2.45) is 5.16 Å². The monoisotopic (exact) mass is 360 g/mol. The zero-order chi connectivity index (χ0) is 18.7. The first-order valence-electron chi connectivity index (χ1n) is 8.56. The van der Waals surface area contributed by atoms with Gasteiger partial charge < -0.3 is 14.9 Å². The lowest BCUT2D eigenvalue weighted by atomic mass is 10.2. The van der Waals surface area contributed by atoms with Gasteiger partial charge in [-0.15, -0.1) is 0 Å². The molecule has 0 fully saturated rings. The number of carbonyl (C=O) groups is 1. The maximum atomic E-state index is 11.9. The molecule has 3 aromatic carbocycles. The summed E-state index contributed by atoms with van der Waals surface area (Å²) in [7, 11) is 0. The van der Waals surface area contributed by atoms with Crippen molar-refractivity contribution in [3.63, 3.8) is 0 Å². The molecule has 5 nitrogen and oxygen atoms in total. The average molecular weight is 360 g/mol. The number of rotatable bonds is 8. The van der Waals surface area contributed by atoms with Gasteiger partial charge in [0.25, 0.3) is 5.91 Å². The topological polar surface area (TPSA) is 59.9 Å². The number of oxime groups is 1. The van der Waals surface area contributed by atoms with Gasteiger partial charge in [-0.3, -0.25) is 4.79 Å². The van der Waals surface area contributed by atoms with E-state index in [1.165, 1.54) is 0 Å². The van der Waals surface area contributed by atoms with Gasteiger partial charge in [0.1, 0.15) is 12.4 Å². The Kier molecular flexibility index (Phi) is 6.59. The summed E-state index contributed by atoms with van der Waals surface area (Å²) in [6.07, 6.45) is 1.56. The minimum Gasteiger partial charge on any atom is -0.489 e. The average Bonchev–Trinajstić information content (AvgIpc) is 2.72. The number of nitrogens with one attached hydrogen (secondary N) is 1. The van der Waals surface area contributed by atoms with Crippen molar-refractivity contribution in [3.05, 3.63) is 96.1 Å². The minimum atomic E-state index is -0.279. The summed E-state index contributed by atoms with van der Waals surface area (Å²) < 4.78 is 5.72. The van der Waals surface area contributed by atoms with Crippen molar-refractivity contribution in [3.8, 4) is 5.75 Å². The van der Waals surface area contributed by atoms with E-state index >= 15 is 0 Å². The molecule has 0 aliphatic rings. The molecule has 0 bridgehead atoms. The molecule has 27 heavy (non-hydrogen) atoms. The van der Waals surface area contributed by atoms with Crippen molar-refractivity contribution < 1.29 is 14.4 Å². The molecule has 0 saturated heterocycles. The lowest BCUT2D eigenvalue weighted by Crippen LogP contribution is -2.16. The van der Waals surface area contributed by atoms with Crippen LogP contribution in [0.2, 0.25) is 0 Å². The normalized spacial score (nSPS) is 10.5. The van der Waals surface area contributed by atoms with Gasteiger partial charge in [0.05, 0.1) is 6.21 Å². The Morgan fingerprint density at radius 3 is 2.26 bits per heavy atom. The van der Waals surface area contributed by atoms with E-state index in [4.69, 9.17) is 9.57 Å². The highest BCUT2D eigenvalue weighted by atomic mass is 16.6. The summed E-state index contributed by atoms with van der Waals surface area (Å²) >= 11 is 0. The third-order valence-corrected chi connectivity index (χ3v) is 3.66. The van der Waals surface area contributed by atoms with Crippen LogP contribution in [-0.2, 0) is 16.2 Å². The summed E-state index contributed by atoms with van der Waals surface area (Å²) in [4.78, 5) is 16.9. The molecular weight excluding hydrogens is 340 g/mol. The number of benzene rings is 3. The number of ether oxygens (including phenoxy) is 1. The minimum absolute atomic E-state index is 0.157. The van der Waals surface area contributed by atoms with Gasteiger partial charge >= 0.3 is 0 Å². The first kappa shape index (κ1) is 18.2. The lowest BCUT2D eigenvalue weighted by Gasteiger charge is -2.08. The molecule has 3 rings (SSSR count). The van der Waals surface area contributed by atoms with Crippen LogP contribution in [0.15, 0.2) is 90.1 Å². The highest BCUT2D eigenvalue weighted by Crippen LogP contribution is 2.17. The Hall–Kier alpha value is -3.60. The summed E-state index contributed by atoms with van der Waals surface area (Å²) in [5, 5.41) is 6.53. The third-order valence-electron chi connectivity index (χ3n) is 3.66. The number of hydrogen-bond acceptors (Lipinski definition) is 4. The zero-order valence-corrected chi connectivity index (χ0v) is 14.7. The van der Waals surface area contributed by atoms with Crippen molar-refractivity contribution in [2.75, 3.05) is 11.9 Å². The lowest BCUT2D eigenvalue weighted by molar-refractivity contribution is -0.120. The fraction of sp³-hybridized carbons (Fsp3) is 0.0909. The number of nitrogens with zero attached hydrogens (tertiary/aromatic N) is 1. The molecule has 1 N–H and O–H groups in total. The largest absolute Gasteiger partial charge is 0.489 e. The van der Waals surface area contributed by atoms with E-state index in [1.54, 1.807) is 18.3 Å². The van der Waals surface area contributed by atoms with Crippen LogP contribution in [0, 0.1) is 0 Å². The van der Waals surface area contributed by atoms with Gasteiger partial charge in [0.2, 0.25) is 0 Å². The van der Waals surface area contributed by atoms with Crippen LogP contribution in [0.1, 0.15) is 11.1 Å². The molecule has 136 valence electrons. The maximum Gasteiger partial charge on any atom is 0.265 e. The Balaban J connectivity index is 1.41. The van der Waals surface area contributed by atoms with Gasteiger partial charge in [0.15, 0.2) is 6.61 Å². The molecule has 0 heterocycles. The third kappa shape index (κ3) is 6.32. The van der Waals surface area contributed by atoms with Crippen LogP contribution in [0.5, 0.6) is 5.75 Å². The van der Waals surface area contributed by atoms with Gasteiger partial charge in [-0.2, -0.15) is 0 Å². The second-order valence-electron chi connectivity index (χ2n) is 5.77. The molecule has 3 aromatic rings. The van der Waals surface area contributed by atoms with Crippen LogP contribution in [0.4, 0.5) is 5.69 Å². The summed E-state index contributed by atoms with van der Waals surface area (Å²) in [5.74, 6) is 0.457. The molecule has 0 unspecified atom stereocenters. The molecule has 0 aromatic heterocycles. The number of anilines is 1.